The molecule has 0 fully saturated rings. The molecule has 0 aromatic heterocycles. The lowest BCUT2D eigenvalue weighted by Crippen LogP contribution is -2.09. The number of unbranched alkanes of at least 4 members (excludes halogenated alkanes) is 1. The van der Waals surface area contributed by atoms with Crippen LogP contribution in [0.1, 0.15) is 19.8 Å². The molecule has 0 saturated heterocycles. The molecule has 54 valence electrons. The highest BCUT2D eigenvalue weighted by molar-refractivity contribution is 4.87. The average Bonchev–Trinajstić information content (AvgIpc) is 1.82. The topological polar surface area (TPSA) is 23.5 Å². The summed E-state index contributed by atoms with van der Waals surface area (Å²) in [5.74, 6) is 0.358. The zero-order chi connectivity index (χ0) is 7.28. The highest BCUT2D eigenvalue weighted by Crippen LogP contribution is 1.96. The Bertz CT molecular complexity index is 97.1. The summed E-state index contributed by atoms with van der Waals surface area (Å²) in [4.78, 5) is 1.69. The van der Waals surface area contributed by atoms with Gasteiger partial charge >= 0.3 is 0 Å². The van der Waals surface area contributed by atoms with E-state index in [-0.39, 0.29) is 0 Å². The first-order valence-corrected chi connectivity index (χ1v) is 3.25. The van der Waals surface area contributed by atoms with Crippen molar-refractivity contribution in [3.05, 3.63) is 12.0 Å². The van der Waals surface area contributed by atoms with Crippen LogP contribution in [0.5, 0.6) is 0 Å². The van der Waals surface area contributed by atoms with E-state index in [1.54, 1.807) is 4.90 Å². The fourth-order valence-electron chi connectivity index (χ4n) is 0.456. The van der Waals surface area contributed by atoms with Gasteiger partial charge in [0.25, 0.3) is 0 Å². The molecule has 0 spiro atoms. The fourth-order valence-corrected chi connectivity index (χ4v) is 0.456. The van der Waals surface area contributed by atoms with Gasteiger partial charge in [0.1, 0.15) is 0 Å². The van der Waals surface area contributed by atoms with Crippen LogP contribution in [0, 0.1) is 0 Å². The maximum Gasteiger partial charge on any atom is 0.182 e. The second-order valence-corrected chi connectivity index (χ2v) is 2.25. The lowest BCUT2D eigenvalue weighted by molar-refractivity contribution is 0.261. The summed E-state index contributed by atoms with van der Waals surface area (Å²) in [6, 6.07) is 0. The first-order chi connectivity index (χ1) is 4.18. The van der Waals surface area contributed by atoms with E-state index in [0.29, 0.717) is 5.88 Å². The maximum atomic E-state index is 9.04. The third kappa shape index (κ3) is 3.88. The van der Waals surface area contributed by atoms with Gasteiger partial charge in [0, 0.05) is 14.1 Å². The second kappa shape index (κ2) is 4.24. The monoisotopic (exact) mass is 129 g/mol. The van der Waals surface area contributed by atoms with Crippen LogP contribution in [0.25, 0.3) is 0 Å². The first-order valence-electron chi connectivity index (χ1n) is 3.25. The lowest BCUT2D eigenvalue weighted by atomic mass is 10.3. The third-order valence-electron chi connectivity index (χ3n) is 1.07. The Morgan fingerprint density at radius 2 is 2.11 bits per heavy atom. The van der Waals surface area contributed by atoms with Gasteiger partial charge in [-0.05, 0) is 12.5 Å². The van der Waals surface area contributed by atoms with E-state index in [1.165, 1.54) is 0 Å². The van der Waals surface area contributed by atoms with Gasteiger partial charge in [-0.15, -0.1) is 0 Å². The van der Waals surface area contributed by atoms with Crippen molar-refractivity contribution in [3.8, 4) is 0 Å². The Hall–Kier alpha value is -0.660. The highest BCUT2D eigenvalue weighted by atomic mass is 16.3. The summed E-state index contributed by atoms with van der Waals surface area (Å²) < 4.78 is 0. The molecular formula is C7H15NO. The minimum atomic E-state index is 0.358. The Labute approximate surface area is 56.8 Å². The van der Waals surface area contributed by atoms with E-state index >= 15 is 0 Å². The van der Waals surface area contributed by atoms with Gasteiger partial charge in [0.15, 0.2) is 5.88 Å². The molecule has 0 aliphatic rings. The second-order valence-electron chi connectivity index (χ2n) is 2.25. The summed E-state index contributed by atoms with van der Waals surface area (Å²) in [5, 5.41) is 9.04. The lowest BCUT2D eigenvalue weighted by Gasteiger charge is -2.09. The van der Waals surface area contributed by atoms with Crippen molar-refractivity contribution in [2.75, 3.05) is 14.1 Å². The molecule has 0 radical (unpaired) electrons. The normalized spacial score (nSPS) is 11.7. The third-order valence-corrected chi connectivity index (χ3v) is 1.07. The Kier molecular flexibility index (Phi) is 3.93. The van der Waals surface area contributed by atoms with Crippen molar-refractivity contribution < 1.29 is 5.11 Å². The van der Waals surface area contributed by atoms with Crippen LogP contribution in [0.3, 0.4) is 0 Å². The molecule has 9 heavy (non-hydrogen) atoms. The molecule has 0 bridgehead atoms. The molecule has 0 saturated carbocycles. The van der Waals surface area contributed by atoms with Gasteiger partial charge in [-0.1, -0.05) is 13.3 Å². The van der Waals surface area contributed by atoms with Crippen LogP contribution in [-0.2, 0) is 0 Å². The van der Waals surface area contributed by atoms with Gasteiger partial charge in [-0.3, -0.25) is 0 Å². The summed E-state index contributed by atoms with van der Waals surface area (Å²) in [5.41, 5.74) is 0. The summed E-state index contributed by atoms with van der Waals surface area (Å²) in [6.45, 7) is 2.08. The molecule has 2 nitrogen and oxygen atoms in total. The zero-order valence-electron chi connectivity index (χ0n) is 6.39. The van der Waals surface area contributed by atoms with E-state index in [9.17, 15) is 0 Å². The zero-order valence-corrected chi connectivity index (χ0v) is 6.39. The first kappa shape index (κ1) is 8.34. The largest absolute Gasteiger partial charge is 0.495 e. The molecule has 0 aliphatic carbocycles. The van der Waals surface area contributed by atoms with Gasteiger partial charge < -0.3 is 10.0 Å². The molecule has 0 aromatic rings. The molecule has 0 unspecified atom stereocenters. The van der Waals surface area contributed by atoms with Crippen LogP contribution in [0.4, 0.5) is 0 Å². The number of rotatable bonds is 3. The molecule has 0 amide bonds. The number of allylic oxidation sites excluding steroid dienone is 1. The van der Waals surface area contributed by atoms with Crippen molar-refractivity contribution in [2.45, 2.75) is 19.8 Å². The predicted molar refractivity (Wildman–Crippen MR) is 39.3 cm³/mol. The van der Waals surface area contributed by atoms with Crippen LogP contribution < -0.4 is 0 Å². The number of hydrogen-bond donors (Lipinski definition) is 1. The predicted octanol–water partition coefficient (Wildman–Crippen LogP) is 1.75. The van der Waals surface area contributed by atoms with Crippen LogP contribution in [0.15, 0.2) is 12.0 Å². The number of aliphatic hydroxyl groups excluding tert-OH is 1. The quantitative estimate of drug-likeness (QED) is 0.587. The van der Waals surface area contributed by atoms with Crippen molar-refractivity contribution in [1.82, 2.24) is 4.90 Å². The van der Waals surface area contributed by atoms with Crippen molar-refractivity contribution in [2.24, 2.45) is 0 Å². The van der Waals surface area contributed by atoms with E-state index in [2.05, 4.69) is 6.92 Å². The van der Waals surface area contributed by atoms with Gasteiger partial charge in [-0.25, -0.2) is 0 Å². The number of hydrogen-bond acceptors (Lipinski definition) is 2. The summed E-state index contributed by atoms with van der Waals surface area (Å²) >= 11 is 0. The SMILES string of the molecule is CCC/C=C(\O)N(C)C. The van der Waals surface area contributed by atoms with Crippen LogP contribution in [0.2, 0.25) is 0 Å². The minimum Gasteiger partial charge on any atom is -0.495 e. The Morgan fingerprint density at radius 3 is 2.44 bits per heavy atom. The van der Waals surface area contributed by atoms with Gasteiger partial charge in [0.05, 0.1) is 0 Å². The maximum absolute atomic E-state index is 9.04. The number of nitrogens with zero attached hydrogens (tertiary/aromatic N) is 1. The average molecular weight is 129 g/mol. The molecule has 2 heteroatoms. The fraction of sp³-hybridized carbons (Fsp3) is 0.714. The molecular weight excluding hydrogens is 114 g/mol. The van der Waals surface area contributed by atoms with E-state index < -0.39 is 0 Å². The van der Waals surface area contributed by atoms with E-state index in [0.717, 1.165) is 12.8 Å². The van der Waals surface area contributed by atoms with E-state index in [1.807, 2.05) is 20.2 Å². The molecule has 0 aliphatic heterocycles. The Morgan fingerprint density at radius 1 is 1.56 bits per heavy atom. The van der Waals surface area contributed by atoms with Crippen LogP contribution >= 0.6 is 0 Å². The van der Waals surface area contributed by atoms with Gasteiger partial charge in [-0.2, -0.15) is 0 Å². The molecule has 0 rings (SSSR count). The Balaban J connectivity index is 3.55. The highest BCUT2D eigenvalue weighted by Gasteiger charge is 1.90. The molecule has 0 heterocycles. The summed E-state index contributed by atoms with van der Waals surface area (Å²) in [6.07, 6.45) is 3.85. The smallest absolute Gasteiger partial charge is 0.182 e. The molecule has 0 atom stereocenters. The van der Waals surface area contributed by atoms with Crippen molar-refractivity contribution >= 4 is 0 Å². The van der Waals surface area contributed by atoms with Gasteiger partial charge in [0.2, 0.25) is 0 Å². The van der Waals surface area contributed by atoms with Crippen molar-refractivity contribution in [3.63, 3.8) is 0 Å². The van der Waals surface area contributed by atoms with E-state index in [4.69, 9.17) is 5.11 Å². The minimum absolute atomic E-state index is 0.358. The molecule has 1 N–H and O–H groups in total. The number of aliphatic hydroxyl groups is 1. The molecule has 0 aromatic carbocycles. The van der Waals surface area contributed by atoms with Crippen LogP contribution in [-0.4, -0.2) is 24.1 Å². The summed E-state index contributed by atoms with van der Waals surface area (Å²) in [7, 11) is 3.64. The standard InChI is InChI=1S/C7H15NO/c1-4-5-6-7(9)8(2)3/h6,9H,4-5H2,1-3H3/b7-6-. The van der Waals surface area contributed by atoms with Crippen molar-refractivity contribution in [1.29, 1.82) is 0 Å².